The maximum atomic E-state index is 13.3. The standard InChI is InChI=1S/C19H10Cl2F3N3S/c20-12-3-4-13(21)14(8-12)27-10-17(19(22,23)24)26-18(27)16-6-5-15(28-16)11-2-1-7-25-9-11/h1-10H. The van der Waals surface area contributed by atoms with Crippen molar-refractivity contribution >= 4 is 34.5 Å². The first-order chi connectivity index (χ1) is 13.3. The van der Waals surface area contributed by atoms with E-state index in [9.17, 15) is 13.2 Å². The van der Waals surface area contributed by atoms with Crippen molar-refractivity contribution in [1.82, 2.24) is 14.5 Å². The van der Waals surface area contributed by atoms with E-state index in [0.29, 0.717) is 15.6 Å². The van der Waals surface area contributed by atoms with Crippen LogP contribution in [0.1, 0.15) is 5.69 Å². The maximum Gasteiger partial charge on any atom is 0.434 e. The maximum absolute atomic E-state index is 13.3. The van der Waals surface area contributed by atoms with Crippen LogP contribution in [0.5, 0.6) is 0 Å². The third-order valence-corrected chi connectivity index (χ3v) is 5.62. The zero-order valence-corrected chi connectivity index (χ0v) is 16.2. The van der Waals surface area contributed by atoms with Gasteiger partial charge < -0.3 is 0 Å². The third kappa shape index (κ3) is 3.65. The van der Waals surface area contributed by atoms with Crippen molar-refractivity contribution in [3.05, 3.63) is 76.8 Å². The molecule has 4 aromatic rings. The highest BCUT2D eigenvalue weighted by Crippen LogP contribution is 2.39. The fourth-order valence-corrected chi connectivity index (χ4v) is 4.02. The molecule has 0 amide bonds. The van der Waals surface area contributed by atoms with Crippen molar-refractivity contribution in [2.24, 2.45) is 0 Å². The van der Waals surface area contributed by atoms with Crippen LogP contribution in [0.2, 0.25) is 10.0 Å². The van der Waals surface area contributed by atoms with Gasteiger partial charge >= 0.3 is 6.18 Å². The third-order valence-electron chi connectivity index (χ3n) is 3.94. The summed E-state index contributed by atoms with van der Waals surface area (Å²) in [5, 5.41) is 0.621. The predicted octanol–water partition coefficient (Wildman–Crippen LogP) is 6.99. The SMILES string of the molecule is FC(F)(F)c1cn(-c2cc(Cl)ccc2Cl)c(-c2ccc(-c3cccnc3)s2)n1. The summed E-state index contributed by atoms with van der Waals surface area (Å²) in [7, 11) is 0. The molecule has 0 unspecified atom stereocenters. The molecule has 0 atom stereocenters. The van der Waals surface area contributed by atoms with Crippen LogP contribution in [0, 0.1) is 0 Å². The molecule has 142 valence electrons. The van der Waals surface area contributed by atoms with Crippen LogP contribution in [0.25, 0.3) is 26.8 Å². The number of rotatable bonds is 3. The van der Waals surface area contributed by atoms with Gasteiger partial charge in [-0.25, -0.2) is 4.98 Å². The first kappa shape index (κ1) is 19.0. The van der Waals surface area contributed by atoms with Gasteiger partial charge in [0.15, 0.2) is 11.5 Å². The largest absolute Gasteiger partial charge is 0.434 e. The van der Waals surface area contributed by atoms with Gasteiger partial charge in [0.1, 0.15) is 0 Å². The minimum absolute atomic E-state index is 0.136. The van der Waals surface area contributed by atoms with Gasteiger partial charge in [0.25, 0.3) is 0 Å². The molecular formula is C19H10Cl2F3N3S. The first-order valence-corrected chi connectivity index (χ1v) is 9.53. The van der Waals surface area contributed by atoms with E-state index in [0.717, 1.165) is 16.6 Å². The molecule has 28 heavy (non-hydrogen) atoms. The molecule has 0 saturated heterocycles. The number of imidazole rings is 1. The average Bonchev–Trinajstić information content (AvgIpc) is 3.31. The second-order valence-corrected chi connectivity index (χ2v) is 7.75. The van der Waals surface area contributed by atoms with Crippen LogP contribution >= 0.6 is 34.5 Å². The van der Waals surface area contributed by atoms with E-state index < -0.39 is 11.9 Å². The molecule has 0 spiro atoms. The summed E-state index contributed by atoms with van der Waals surface area (Å²) in [6, 6.07) is 11.8. The van der Waals surface area contributed by atoms with E-state index in [1.54, 1.807) is 30.6 Å². The van der Waals surface area contributed by atoms with Crippen molar-refractivity contribution < 1.29 is 13.2 Å². The lowest BCUT2D eigenvalue weighted by molar-refractivity contribution is -0.140. The molecule has 0 fully saturated rings. The molecule has 4 rings (SSSR count). The normalized spacial score (nSPS) is 11.8. The zero-order chi connectivity index (χ0) is 19.9. The van der Waals surface area contributed by atoms with Gasteiger partial charge in [-0.3, -0.25) is 9.55 Å². The molecule has 0 saturated carbocycles. The van der Waals surface area contributed by atoms with Crippen molar-refractivity contribution in [2.75, 3.05) is 0 Å². The lowest BCUT2D eigenvalue weighted by Gasteiger charge is -2.09. The minimum atomic E-state index is -4.59. The smallest absolute Gasteiger partial charge is 0.297 e. The fourth-order valence-electron chi connectivity index (χ4n) is 2.67. The van der Waals surface area contributed by atoms with Crippen molar-refractivity contribution in [1.29, 1.82) is 0 Å². The van der Waals surface area contributed by atoms with E-state index in [1.165, 1.54) is 28.0 Å². The number of thiophene rings is 1. The van der Waals surface area contributed by atoms with Gasteiger partial charge in [0.05, 0.1) is 15.6 Å². The van der Waals surface area contributed by atoms with Crippen LogP contribution in [0.4, 0.5) is 13.2 Å². The highest BCUT2D eigenvalue weighted by molar-refractivity contribution is 7.18. The quantitative estimate of drug-likeness (QED) is 0.344. The summed E-state index contributed by atoms with van der Waals surface area (Å²) >= 11 is 13.6. The predicted molar refractivity (Wildman–Crippen MR) is 105 cm³/mol. The molecule has 3 heterocycles. The van der Waals surface area contributed by atoms with Gasteiger partial charge in [-0.05, 0) is 36.4 Å². The van der Waals surface area contributed by atoms with Crippen molar-refractivity contribution in [3.8, 4) is 26.8 Å². The molecule has 3 aromatic heterocycles. The van der Waals surface area contributed by atoms with Crippen LogP contribution in [0.3, 0.4) is 0 Å². The Labute approximate surface area is 172 Å². The lowest BCUT2D eigenvalue weighted by Crippen LogP contribution is -2.05. The summed E-state index contributed by atoms with van der Waals surface area (Å²) in [6.45, 7) is 0. The van der Waals surface area contributed by atoms with E-state index in [1.807, 2.05) is 12.1 Å². The van der Waals surface area contributed by atoms with Gasteiger partial charge in [-0.1, -0.05) is 29.3 Å². The molecule has 0 N–H and O–H groups in total. The number of pyridine rings is 1. The number of nitrogens with zero attached hydrogens (tertiary/aromatic N) is 3. The molecule has 3 nitrogen and oxygen atoms in total. The number of hydrogen-bond donors (Lipinski definition) is 0. The van der Waals surface area contributed by atoms with Gasteiger partial charge in [-0.2, -0.15) is 13.2 Å². The van der Waals surface area contributed by atoms with E-state index in [2.05, 4.69) is 9.97 Å². The summed E-state index contributed by atoms with van der Waals surface area (Å²) < 4.78 is 41.3. The Balaban J connectivity index is 1.88. The Morgan fingerprint density at radius 3 is 2.50 bits per heavy atom. The molecule has 0 aliphatic rings. The Bertz CT molecular complexity index is 1140. The van der Waals surface area contributed by atoms with Crippen molar-refractivity contribution in [3.63, 3.8) is 0 Å². The Morgan fingerprint density at radius 1 is 1.00 bits per heavy atom. The van der Waals surface area contributed by atoms with Gasteiger partial charge in [0, 0.05) is 34.1 Å². The summed E-state index contributed by atoms with van der Waals surface area (Å²) in [5.74, 6) is 0.136. The molecular weight excluding hydrogens is 430 g/mol. The monoisotopic (exact) mass is 439 g/mol. The molecule has 0 bridgehead atoms. The number of hydrogen-bond acceptors (Lipinski definition) is 3. The van der Waals surface area contributed by atoms with Crippen LogP contribution in [-0.2, 0) is 6.18 Å². The second kappa shape index (κ2) is 7.24. The van der Waals surface area contributed by atoms with Crippen LogP contribution in [-0.4, -0.2) is 14.5 Å². The summed E-state index contributed by atoms with van der Waals surface area (Å²) in [4.78, 5) is 9.33. The molecule has 0 aliphatic carbocycles. The fraction of sp³-hybridized carbons (Fsp3) is 0.0526. The summed E-state index contributed by atoms with van der Waals surface area (Å²) in [5.41, 5.74) is 0.187. The van der Waals surface area contributed by atoms with E-state index in [-0.39, 0.29) is 10.8 Å². The number of alkyl halides is 3. The molecule has 9 heteroatoms. The first-order valence-electron chi connectivity index (χ1n) is 7.95. The topological polar surface area (TPSA) is 30.7 Å². The molecule has 1 aromatic carbocycles. The minimum Gasteiger partial charge on any atom is -0.297 e. The Morgan fingerprint density at radius 2 is 1.79 bits per heavy atom. The number of aromatic nitrogens is 3. The molecule has 0 radical (unpaired) electrons. The number of halogens is 5. The Hall–Kier alpha value is -2.35. The lowest BCUT2D eigenvalue weighted by atomic mass is 10.2. The van der Waals surface area contributed by atoms with Crippen LogP contribution in [0.15, 0.2) is 61.1 Å². The van der Waals surface area contributed by atoms with Gasteiger partial charge in [0.2, 0.25) is 0 Å². The van der Waals surface area contributed by atoms with Crippen LogP contribution < -0.4 is 0 Å². The van der Waals surface area contributed by atoms with E-state index in [4.69, 9.17) is 23.2 Å². The van der Waals surface area contributed by atoms with E-state index >= 15 is 0 Å². The van der Waals surface area contributed by atoms with Gasteiger partial charge in [-0.15, -0.1) is 11.3 Å². The van der Waals surface area contributed by atoms with Crippen molar-refractivity contribution in [2.45, 2.75) is 6.18 Å². The average molecular weight is 440 g/mol. The zero-order valence-electron chi connectivity index (χ0n) is 13.9. The highest BCUT2D eigenvalue weighted by atomic mass is 35.5. The summed E-state index contributed by atoms with van der Waals surface area (Å²) in [6.07, 6.45) is -0.316. The number of benzene rings is 1. The highest BCUT2D eigenvalue weighted by Gasteiger charge is 2.35. The molecule has 0 aliphatic heterocycles. The second-order valence-electron chi connectivity index (χ2n) is 5.82. The Kier molecular flexibility index (Phi) is 4.91.